The van der Waals surface area contributed by atoms with E-state index < -0.39 is 0 Å². The van der Waals surface area contributed by atoms with Gasteiger partial charge in [-0.3, -0.25) is 4.99 Å². The van der Waals surface area contributed by atoms with Gasteiger partial charge in [-0.05, 0) is 38.0 Å². The van der Waals surface area contributed by atoms with Crippen molar-refractivity contribution < 1.29 is 4.74 Å². The molecule has 0 saturated heterocycles. The van der Waals surface area contributed by atoms with Crippen LogP contribution in [0.1, 0.15) is 55.8 Å². The van der Waals surface area contributed by atoms with Gasteiger partial charge in [0.15, 0.2) is 5.96 Å². The van der Waals surface area contributed by atoms with Crippen LogP contribution in [0.2, 0.25) is 0 Å². The fourth-order valence-corrected chi connectivity index (χ4v) is 4.34. The lowest BCUT2D eigenvalue weighted by atomic mass is 9.83. The van der Waals surface area contributed by atoms with E-state index in [0.717, 1.165) is 51.5 Å². The van der Waals surface area contributed by atoms with Gasteiger partial charge in [0.05, 0.1) is 5.01 Å². The second-order valence-corrected chi connectivity index (χ2v) is 8.03. The van der Waals surface area contributed by atoms with Gasteiger partial charge in [-0.2, -0.15) is 0 Å². The van der Waals surface area contributed by atoms with E-state index in [1.54, 1.807) is 0 Å². The van der Waals surface area contributed by atoms with Crippen molar-refractivity contribution in [3.63, 3.8) is 0 Å². The summed E-state index contributed by atoms with van der Waals surface area (Å²) >= 11 is 1.81. The fourth-order valence-electron chi connectivity index (χ4n) is 3.48. The third-order valence-electron chi connectivity index (χ3n) is 5.08. The van der Waals surface area contributed by atoms with Crippen LogP contribution in [0, 0.1) is 5.41 Å². The number of aliphatic imine (C=N–C) groups is 1. The van der Waals surface area contributed by atoms with Crippen molar-refractivity contribution >= 4 is 17.3 Å². The van der Waals surface area contributed by atoms with Gasteiger partial charge in [0.2, 0.25) is 0 Å². The Morgan fingerprint density at radius 2 is 2.12 bits per heavy atom. The summed E-state index contributed by atoms with van der Waals surface area (Å²) in [6.45, 7) is 7.76. The summed E-state index contributed by atoms with van der Waals surface area (Å²) in [4.78, 5) is 10.2. The molecule has 0 spiro atoms. The van der Waals surface area contributed by atoms with Gasteiger partial charge >= 0.3 is 0 Å². The predicted molar refractivity (Wildman–Crippen MR) is 107 cm³/mol. The molecule has 0 amide bonds. The van der Waals surface area contributed by atoms with Crippen molar-refractivity contribution in [2.75, 3.05) is 33.4 Å². The smallest absolute Gasteiger partial charge is 0.191 e. The van der Waals surface area contributed by atoms with Crippen LogP contribution in [0.15, 0.2) is 11.2 Å². The molecule has 1 aliphatic carbocycles. The minimum Gasteiger partial charge on any atom is -0.382 e. The number of hydrogen-bond donors (Lipinski definition) is 2. The molecular weight excluding hydrogens is 332 g/mol. The summed E-state index contributed by atoms with van der Waals surface area (Å²) in [7, 11) is 1.84. The molecular formula is C19H34N4OS. The molecule has 142 valence electrons. The third-order valence-corrected chi connectivity index (χ3v) is 6.28. The first-order valence-corrected chi connectivity index (χ1v) is 10.5. The molecule has 1 aliphatic rings. The molecule has 1 aromatic heterocycles. The monoisotopic (exact) mass is 366 g/mol. The van der Waals surface area contributed by atoms with Gasteiger partial charge in [-0.25, -0.2) is 4.98 Å². The molecule has 0 aromatic carbocycles. The van der Waals surface area contributed by atoms with Crippen molar-refractivity contribution in [2.24, 2.45) is 10.4 Å². The zero-order valence-electron chi connectivity index (χ0n) is 16.1. The Hall–Kier alpha value is -1.14. The number of nitrogens with zero attached hydrogens (tertiary/aromatic N) is 2. The summed E-state index contributed by atoms with van der Waals surface area (Å²) in [6, 6.07) is 0. The van der Waals surface area contributed by atoms with Crippen molar-refractivity contribution in [1.29, 1.82) is 0 Å². The number of ether oxygens (including phenoxy) is 1. The largest absolute Gasteiger partial charge is 0.382 e. The molecule has 1 aromatic rings. The molecule has 2 rings (SSSR count). The lowest BCUT2D eigenvalue weighted by Gasteiger charge is -2.30. The Morgan fingerprint density at radius 3 is 2.76 bits per heavy atom. The van der Waals surface area contributed by atoms with E-state index >= 15 is 0 Å². The highest BCUT2D eigenvalue weighted by Gasteiger charge is 2.33. The Kier molecular flexibility index (Phi) is 8.68. The average molecular weight is 367 g/mol. The topological polar surface area (TPSA) is 58.5 Å². The number of nitrogens with one attached hydrogen (secondary N) is 2. The maximum atomic E-state index is 5.60. The summed E-state index contributed by atoms with van der Waals surface area (Å²) < 4.78 is 5.60. The number of aryl methyl sites for hydroxylation is 1. The zero-order valence-corrected chi connectivity index (χ0v) is 16.9. The maximum absolute atomic E-state index is 5.60. The SMILES string of the molecule is CCOCCC1(CNC(=NC)NCCc2ncc(CC)s2)CCCC1. The fraction of sp³-hybridized carbons (Fsp3) is 0.789. The summed E-state index contributed by atoms with van der Waals surface area (Å²) in [5.74, 6) is 0.898. The van der Waals surface area contributed by atoms with Gasteiger partial charge in [0, 0.05) is 50.8 Å². The first-order chi connectivity index (χ1) is 12.2. The van der Waals surface area contributed by atoms with E-state index in [4.69, 9.17) is 4.74 Å². The molecule has 1 fully saturated rings. The summed E-state index contributed by atoms with van der Waals surface area (Å²) in [5.41, 5.74) is 0.373. The third kappa shape index (κ3) is 6.59. The maximum Gasteiger partial charge on any atom is 0.191 e. The second-order valence-electron chi connectivity index (χ2n) is 6.83. The Balaban J connectivity index is 1.74. The molecule has 0 unspecified atom stereocenters. The first kappa shape index (κ1) is 20.2. The zero-order chi connectivity index (χ0) is 18.0. The molecule has 0 radical (unpaired) electrons. The van der Waals surface area contributed by atoms with Crippen LogP contribution in [0.4, 0.5) is 0 Å². The number of aromatic nitrogens is 1. The van der Waals surface area contributed by atoms with E-state index in [0.29, 0.717) is 5.41 Å². The van der Waals surface area contributed by atoms with Crippen molar-refractivity contribution in [3.05, 3.63) is 16.1 Å². The highest BCUT2D eigenvalue weighted by Crippen LogP contribution is 2.40. The molecule has 1 heterocycles. The summed E-state index contributed by atoms with van der Waals surface area (Å²) in [6.07, 6.45) is 10.4. The van der Waals surface area contributed by atoms with E-state index in [1.807, 2.05) is 24.6 Å². The Labute approximate surface area is 156 Å². The van der Waals surface area contributed by atoms with Gasteiger partial charge in [-0.15, -0.1) is 11.3 Å². The van der Waals surface area contributed by atoms with Crippen LogP contribution in [0.3, 0.4) is 0 Å². The molecule has 2 N–H and O–H groups in total. The minimum absolute atomic E-state index is 0.373. The van der Waals surface area contributed by atoms with E-state index in [9.17, 15) is 0 Å². The number of thiazole rings is 1. The summed E-state index contributed by atoms with van der Waals surface area (Å²) in [5, 5.41) is 8.17. The lowest BCUT2D eigenvalue weighted by molar-refractivity contribution is 0.105. The van der Waals surface area contributed by atoms with E-state index in [2.05, 4.69) is 34.5 Å². The van der Waals surface area contributed by atoms with Crippen molar-refractivity contribution in [1.82, 2.24) is 15.6 Å². The molecule has 1 saturated carbocycles. The van der Waals surface area contributed by atoms with Gasteiger partial charge in [0.25, 0.3) is 0 Å². The van der Waals surface area contributed by atoms with Crippen molar-refractivity contribution in [2.45, 2.75) is 58.8 Å². The molecule has 0 aliphatic heterocycles. The minimum atomic E-state index is 0.373. The highest BCUT2D eigenvalue weighted by molar-refractivity contribution is 7.11. The highest BCUT2D eigenvalue weighted by atomic mass is 32.1. The first-order valence-electron chi connectivity index (χ1n) is 9.67. The van der Waals surface area contributed by atoms with Gasteiger partial charge in [-0.1, -0.05) is 19.8 Å². The standard InChI is InChI=1S/C19H34N4OS/c1-4-16-14-22-17(25-16)8-12-21-18(20-3)23-15-19(9-6-7-10-19)11-13-24-5-2/h14H,4-13,15H2,1-3H3,(H2,20,21,23). The van der Waals surface area contributed by atoms with Crippen LogP contribution in [0.25, 0.3) is 0 Å². The number of rotatable bonds is 10. The molecule has 0 bridgehead atoms. The molecule has 0 atom stereocenters. The van der Waals surface area contributed by atoms with Crippen molar-refractivity contribution in [3.8, 4) is 0 Å². The van der Waals surface area contributed by atoms with Crippen LogP contribution in [-0.2, 0) is 17.6 Å². The normalized spacial score (nSPS) is 17.0. The second kappa shape index (κ2) is 10.8. The quantitative estimate of drug-likeness (QED) is 0.378. The Morgan fingerprint density at radius 1 is 1.32 bits per heavy atom. The van der Waals surface area contributed by atoms with Gasteiger partial charge in [0.1, 0.15) is 0 Å². The molecule has 6 heteroatoms. The van der Waals surface area contributed by atoms with Crippen LogP contribution >= 0.6 is 11.3 Å². The number of hydrogen-bond acceptors (Lipinski definition) is 4. The van der Waals surface area contributed by atoms with Crippen LogP contribution < -0.4 is 10.6 Å². The molecule has 5 nitrogen and oxygen atoms in total. The van der Waals surface area contributed by atoms with E-state index in [-0.39, 0.29) is 0 Å². The van der Waals surface area contributed by atoms with Crippen LogP contribution in [0.5, 0.6) is 0 Å². The lowest BCUT2D eigenvalue weighted by Crippen LogP contribution is -2.44. The van der Waals surface area contributed by atoms with Crippen LogP contribution in [-0.4, -0.2) is 44.3 Å². The van der Waals surface area contributed by atoms with E-state index in [1.165, 1.54) is 35.6 Å². The Bertz CT molecular complexity index is 523. The molecule has 25 heavy (non-hydrogen) atoms. The average Bonchev–Trinajstić information content (AvgIpc) is 3.28. The van der Waals surface area contributed by atoms with Gasteiger partial charge < -0.3 is 15.4 Å². The number of guanidine groups is 1. The predicted octanol–water partition coefficient (Wildman–Crippen LogP) is 3.40.